The number of carboxylic acids is 1. The van der Waals surface area contributed by atoms with Gasteiger partial charge in [-0.1, -0.05) is 13.3 Å². The molecule has 1 unspecified atom stereocenters. The molecule has 8 heteroatoms. The van der Waals surface area contributed by atoms with Gasteiger partial charge < -0.3 is 9.52 Å². The van der Waals surface area contributed by atoms with Gasteiger partial charge in [0.05, 0.1) is 0 Å². The van der Waals surface area contributed by atoms with E-state index in [0.717, 1.165) is 18.2 Å². The van der Waals surface area contributed by atoms with Crippen LogP contribution in [0.25, 0.3) is 11.0 Å². The van der Waals surface area contributed by atoms with E-state index in [-0.39, 0.29) is 17.4 Å². The Morgan fingerprint density at radius 1 is 1.43 bits per heavy atom. The highest BCUT2D eigenvalue weighted by Crippen LogP contribution is 2.23. The summed E-state index contributed by atoms with van der Waals surface area (Å²) in [6.45, 7) is 1.74. The first kappa shape index (κ1) is 15.5. The Bertz CT molecular complexity index is 768. The van der Waals surface area contributed by atoms with Crippen molar-refractivity contribution in [1.82, 2.24) is 4.72 Å². The molecule has 0 amide bonds. The summed E-state index contributed by atoms with van der Waals surface area (Å²) in [5.74, 6) is -1.78. The zero-order valence-corrected chi connectivity index (χ0v) is 12.0. The van der Waals surface area contributed by atoms with Crippen LogP contribution < -0.4 is 4.72 Å². The van der Waals surface area contributed by atoms with Crippen molar-refractivity contribution in [2.45, 2.75) is 30.9 Å². The van der Waals surface area contributed by atoms with Crippen LogP contribution in [0.3, 0.4) is 0 Å². The average molecular weight is 315 g/mol. The standard InChI is InChI=1S/C13H14FNO5S/c1-2-3-10(13(16)17)15-21(18,19)12-7-8-6-9(14)4-5-11(8)20-12/h4-7,10,15H,2-3H2,1H3,(H,16,17). The van der Waals surface area contributed by atoms with E-state index in [2.05, 4.69) is 4.72 Å². The molecular formula is C13H14FNO5S. The topological polar surface area (TPSA) is 96.6 Å². The first-order valence-electron chi connectivity index (χ1n) is 6.27. The van der Waals surface area contributed by atoms with Gasteiger partial charge in [-0.25, -0.2) is 12.8 Å². The summed E-state index contributed by atoms with van der Waals surface area (Å²) in [6.07, 6.45) is 0.661. The summed E-state index contributed by atoms with van der Waals surface area (Å²) in [5, 5.41) is 8.83. The Balaban J connectivity index is 2.34. The lowest BCUT2D eigenvalue weighted by Crippen LogP contribution is -2.40. The molecule has 2 N–H and O–H groups in total. The van der Waals surface area contributed by atoms with Gasteiger partial charge >= 0.3 is 5.97 Å². The van der Waals surface area contributed by atoms with E-state index in [1.807, 2.05) is 0 Å². The second-order valence-corrected chi connectivity index (χ2v) is 6.19. The number of hydrogen-bond acceptors (Lipinski definition) is 4. The zero-order chi connectivity index (χ0) is 15.6. The van der Waals surface area contributed by atoms with Crippen LogP contribution >= 0.6 is 0 Å². The van der Waals surface area contributed by atoms with Crippen molar-refractivity contribution in [2.75, 3.05) is 0 Å². The molecule has 0 spiro atoms. The first-order chi connectivity index (χ1) is 9.83. The van der Waals surface area contributed by atoms with Gasteiger partial charge in [-0.15, -0.1) is 0 Å². The van der Waals surface area contributed by atoms with Gasteiger partial charge in [0, 0.05) is 11.5 Å². The van der Waals surface area contributed by atoms with Crippen LogP contribution in [-0.2, 0) is 14.8 Å². The van der Waals surface area contributed by atoms with Crippen molar-refractivity contribution >= 4 is 27.0 Å². The van der Waals surface area contributed by atoms with E-state index in [4.69, 9.17) is 9.52 Å². The molecule has 2 aromatic rings. The van der Waals surface area contributed by atoms with Crippen molar-refractivity contribution in [2.24, 2.45) is 0 Å². The minimum Gasteiger partial charge on any atom is -0.480 e. The molecule has 1 heterocycles. The maximum absolute atomic E-state index is 13.1. The second kappa shape index (κ2) is 5.82. The van der Waals surface area contributed by atoms with E-state index >= 15 is 0 Å². The number of benzene rings is 1. The number of rotatable bonds is 6. The number of furan rings is 1. The maximum Gasteiger partial charge on any atom is 0.321 e. The summed E-state index contributed by atoms with van der Waals surface area (Å²) < 4.78 is 44.5. The third kappa shape index (κ3) is 3.40. The number of carbonyl (C=O) groups is 1. The molecule has 0 aliphatic rings. The Morgan fingerprint density at radius 2 is 2.14 bits per heavy atom. The van der Waals surface area contributed by atoms with Crippen LogP contribution in [0.1, 0.15) is 19.8 Å². The molecule has 1 aromatic carbocycles. The third-order valence-electron chi connectivity index (χ3n) is 2.89. The summed E-state index contributed by atoms with van der Waals surface area (Å²) >= 11 is 0. The van der Waals surface area contributed by atoms with E-state index in [1.165, 1.54) is 6.07 Å². The smallest absolute Gasteiger partial charge is 0.321 e. The molecular weight excluding hydrogens is 301 g/mol. The van der Waals surface area contributed by atoms with Gasteiger partial charge in [0.25, 0.3) is 10.0 Å². The number of hydrogen-bond donors (Lipinski definition) is 2. The fourth-order valence-corrected chi connectivity index (χ4v) is 3.08. The normalized spacial score (nSPS) is 13.4. The number of fused-ring (bicyclic) bond motifs is 1. The van der Waals surface area contributed by atoms with Gasteiger partial charge in [-0.05, 0) is 24.6 Å². The maximum atomic E-state index is 13.1. The summed E-state index contributed by atoms with van der Waals surface area (Å²) in [6, 6.07) is 3.52. The molecule has 1 atom stereocenters. The fraction of sp³-hybridized carbons (Fsp3) is 0.308. The molecule has 0 saturated heterocycles. The average Bonchev–Trinajstić information content (AvgIpc) is 2.81. The number of halogens is 1. The van der Waals surface area contributed by atoms with Crippen LogP contribution in [0.2, 0.25) is 0 Å². The number of aliphatic carboxylic acids is 1. The van der Waals surface area contributed by atoms with Crippen LogP contribution in [-0.4, -0.2) is 25.5 Å². The third-order valence-corrected chi connectivity index (χ3v) is 4.22. The van der Waals surface area contributed by atoms with E-state index < -0.39 is 32.9 Å². The van der Waals surface area contributed by atoms with Gasteiger partial charge in [-0.3, -0.25) is 4.79 Å². The lowest BCUT2D eigenvalue weighted by Gasteiger charge is -2.12. The minimum atomic E-state index is -4.12. The van der Waals surface area contributed by atoms with Crippen molar-refractivity contribution in [3.8, 4) is 0 Å². The molecule has 0 saturated carbocycles. The van der Waals surface area contributed by atoms with Crippen LogP contribution in [0.15, 0.2) is 33.8 Å². The predicted molar refractivity (Wildman–Crippen MR) is 72.8 cm³/mol. The highest BCUT2D eigenvalue weighted by Gasteiger charge is 2.27. The van der Waals surface area contributed by atoms with E-state index in [1.54, 1.807) is 6.92 Å². The van der Waals surface area contributed by atoms with Gasteiger partial charge in [0.15, 0.2) is 0 Å². The minimum absolute atomic E-state index is 0.156. The Kier molecular flexibility index (Phi) is 4.29. The molecule has 2 rings (SSSR count). The molecule has 1 aromatic heterocycles. The van der Waals surface area contributed by atoms with Gasteiger partial charge in [0.1, 0.15) is 17.4 Å². The van der Waals surface area contributed by atoms with E-state index in [9.17, 15) is 17.6 Å². The Hall–Kier alpha value is -1.93. The van der Waals surface area contributed by atoms with Crippen molar-refractivity contribution in [1.29, 1.82) is 0 Å². The molecule has 21 heavy (non-hydrogen) atoms. The van der Waals surface area contributed by atoms with Crippen molar-refractivity contribution < 1.29 is 27.1 Å². The molecule has 0 fully saturated rings. The summed E-state index contributed by atoms with van der Waals surface area (Å²) in [4.78, 5) is 11.0. The SMILES string of the molecule is CCCC(NS(=O)(=O)c1cc2cc(F)ccc2o1)C(=O)O. The summed E-state index contributed by atoms with van der Waals surface area (Å²) in [5.41, 5.74) is 0.208. The predicted octanol–water partition coefficient (Wildman–Crippen LogP) is 2.10. The van der Waals surface area contributed by atoms with Gasteiger partial charge in [0.2, 0.25) is 5.09 Å². The molecule has 6 nitrogen and oxygen atoms in total. The highest BCUT2D eigenvalue weighted by molar-refractivity contribution is 7.89. The van der Waals surface area contributed by atoms with Crippen LogP contribution in [0.4, 0.5) is 4.39 Å². The summed E-state index contributed by atoms with van der Waals surface area (Å²) in [7, 11) is -4.12. The molecule has 0 bridgehead atoms. The molecule has 0 aliphatic carbocycles. The Labute approximate surface area is 120 Å². The Morgan fingerprint density at radius 3 is 2.76 bits per heavy atom. The van der Waals surface area contributed by atoms with Crippen LogP contribution in [0, 0.1) is 5.82 Å². The number of sulfonamides is 1. The lowest BCUT2D eigenvalue weighted by atomic mass is 10.2. The first-order valence-corrected chi connectivity index (χ1v) is 7.76. The fourth-order valence-electron chi connectivity index (χ4n) is 1.89. The zero-order valence-electron chi connectivity index (χ0n) is 11.2. The number of carboxylic acid groups (broad SMARTS) is 1. The van der Waals surface area contributed by atoms with Crippen LogP contribution in [0.5, 0.6) is 0 Å². The number of nitrogens with one attached hydrogen (secondary N) is 1. The largest absolute Gasteiger partial charge is 0.480 e. The van der Waals surface area contributed by atoms with E-state index in [0.29, 0.717) is 6.42 Å². The highest BCUT2D eigenvalue weighted by atomic mass is 32.2. The second-order valence-electron chi connectivity index (χ2n) is 4.55. The quantitative estimate of drug-likeness (QED) is 0.851. The monoisotopic (exact) mass is 315 g/mol. The molecule has 0 radical (unpaired) electrons. The van der Waals surface area contributed by atoms with Crippen molar-refractivity contribution in [3.05, 3.63) is 30.1 Å². The molecule has 114 valence electrons. The lowest BCUT2D eigenvalue weighted by molar-refractivity contribution is -0.139. The van der Waals surface area contributed by atoms with Gasteiger partial charge in [-0.2, -0.15) is 4.72 Å². The molecule has 0 aliphatic heterocycles. The van der Waals surface area contributed by atoms with Crippen molar-refractivity contribution in [3.63, 3.8) is 0 Å².